The van der Waals surface area contributed by atoms with Gasteiger partial charge in [-0.05, 0) is 65.3 Å². The maximum absolute atomic E-state index is 14.6. The van der Waals surface area contributed by atoms with Crippen LogP contribution in [0.25, 0.3) is 22.4 Å². The summed E-state index contributed by atoms with van der Waals surface area (Å²) in [5.41, 5.74) is 5.03. The lowest BCUT2D eigenvalue weighted by Crippen LogP contribution is -2.51. The third-order valence-corrected chi connectivity index (χ3v) is 7.44. The number of alkyl halides is 3. The highest BCUT2D eigenvalue weighted by Crippen LogP contribution is 2.47. The summed E-state index contributed by atoms with van der Waals surface area (Å²) in [7, 11) is 0. The summed E-state index contributed by atoms with van der Waals surface area (Å²) < 4.78 is 68.4. The number of hydrogen-bond donors (Lipinski definition) is 4. The number of primary amides is 1. The van der Waals surface area contributed by atoms with Gasteiger partial charge in [-0.25, -0.2) is 9.37 Å². The molecule has 2 aromatic heterocycles. The number of nitrogen functional groups attached to an aromatic ring is 1. The van der Waals surface area contributed by atoms with Crippen LogP contribution in [-0.2, 0) is 15.8 Å². The van der Waals surface area contributed by atoms with Gasteiger partial charge in [0.2, 0.25) is 11.5 Å². The highest BCUT2D eigenvalue weighted by atomic mass is 79.9. The second kappa shape index (κ2) is 9.69. The molecule has 0 fully saturated rings. The summed E-state index contributed by atoms with van der Waals surface area (Å²) in [4.78, 5) is 33.2. The Bertz CT molecular complexity index is 1710. The molecule has 1 aliphatic heterocycles. The number of benzene rings is 2. The average Bonchev–Trinajstić information content (AvgIpc) is 3.46. The van der Waals surface area contributed by atoms with Crippen molar-refractivity contribution >= 4 is 44.9 Å². The maximum Gasteiger partial charge on any atom is 0.424 e. The van der Waals surface area contributed by atoms with Gasteiger partial charge in [-0.15, -0.1) is 0 Å². The minimum Gasteiger partial charge on any atom is -0.489 e. The first-order chi connectivity index (χ1) is 19.1. The summed E-state index contributed by atoms with van der Waals surface area (Å²) in [6.45, 7) is -0.296. The Balaban J connectivity index is 1.59. The fraction of sp³-hybridized carbons (Fsp3) is 0.231. The van der Waals surface area contributed by atoms with E-state index in [1.165, 1.54) is 31.2 Å². The van der Waals surface area contributed by atoms with Crippen molar-refractivity contribution in [3.63, 3.8) is 0 Å². The number of nitrogens with one attached hydrogen (secondary N) is 1. The van der Waals surface area contributed by atoms with Crippen LogP contribution in [0.4, 0.5) is 23.6 Å². The number of halogens is 5. The van der Waals surface area contributed by atoms with Gasteiger partial charge in [-0.3, -0.25) is 9.59 Å². The summed E-state index contributed by atoms with van der Waals surface area (Å²) in [5, 5.41) is 13.2. The molecule has 5 rings (SSSR count). The Morgan fingerprint density at radius 1 is 1.17 bits per heavy atom. The van der Waals surface area contributed by atoms with Gasteiger partial charge < -0.3 is 31.0 Å². The van der Waals surface area contributed by atoms with Crippen LogP contribution in [-0.4, -0.2) is 46.2 Å². The van der Waals surface area contributed by atoms with E-state index in [1.807, 2.05) is 0 Å². The number of pyridine rings is 1. The van der Waals surface area contributed by atoms with E-state index < -0.39 is 47.1 Å². The predicted molar refractivity (Wildman–Crippen MR) is 140 cm³/mol. The van der Waals surface area contributed by atoms with Crippen LogP contribution in [0, 0.1) is 5.82 Å². The zero-order chi connectivity index (χ0) is 29.9. The van der Waals surface area contributed by atoms with Gasteiger partial charge in [-0.2, -0.15) is 18.2 Å². The van der Waals surface area contributed by atoms with Gasteiger partial charge in [0, 0.05) is 16.7 Å². The maximum atomic E-state index is 14.6. The Morgan fingerprint density at radius 3 is 2.49 bits per heavy atom. The topological polar surface area (TPSA) is 167 Å². The first kappa shape index (κ1) is 28.3. The van der Waals surface area contributed by atoms with E-state index in [0.717, 1.165) is 18.2 Å². The number of anilines is 1. The van der Waals surface area contributed by atoms with E-state index >= 15 is 0 Å². The molecular weight excluding hydrogens is 618 g/mol. The number of carbonyl (C=O) groups excluding carboxylic acids is 2. The van der Waals surface area contributed by atoms with Crippen molar-refractivity contribution in [1.29, 1.82) is 0 Å². The second-order valence-corrected chi connectivity index (χ2v) is 10.5. The van der Waals surface area contributed by atoms with Crippen molar-refractivity contribution in [3.05, 3.63) is 69.6 Å². The van der Waals surface area contributed by atoms with Gasteiger partial charge in [0.25, 0.3) is 11.9 Å². The number of aromatic nitrogens is 2. The second-order valence-electron chi connectivity index (χ2n) is 9.62. The Hall–Kier alpha value is -4.24. The molecular formula is C26H20BrF4N5O5. The molecule has 0 spiro atoms. The summed E-state index contributed by atoms with van der Waals surface area (Å²) in [6.07, 6.45) is -5.37. The van der Waals surface area contributed by atoms with Crippen LogP contribution in [0.5, 0.6) is 5.75 Å². The summed E-state index contributed by atoms with van der Waals surface area (Å²) in [6, 6.07) is 7.85. The lowest BCUT2D eigenvalue weighted by molar-refractivity contribution is -0.265. The van der Waals surface area contributed by atoms with Crippen LogP contribution >= 0.6 is 15.9 Å². The first-order valence-corrected chi connectivity index (χ1v) is 12.6. The van der Waals surface area contributed by atoms with Gasteiger partial charge in [0.05, 0.1) is 16.7 Å². The zero-order valence-electron chi connectivity index (χ0n) is 21.0. The molecule has 2 amide bonds. The molecule has 0 saturated heterocycles. The van der Waals surface area contributed by atoms with Gasteiger partial charge in [0.15, 0.2) is 5.58 Å². The van der Waals surface area contributed by atoms with Crippen LogP contribution in [0.2, 0.25) is 0 Å². The fourth-order valence-corrected chi connectivity index (χ4v) is 4.92. The van der Waals surface area contributed by atoms with Crippen molar-refractivity contribution in [2.75, 3.05) is 18.9 Å². The Kier molecular flexibility index (Phi) is 6.69. The number of fused-ring (bicyclic) bond motifs is 2. The average molecular weight is 638 g/mol. The number of nitrogens with two attached hydrogens (primary N) is 2. The van der Waals surface area contributed by atoms with Crippen molar-refractivity contribution < 1.29 is 41.4 Å². The van der Waals surface area contributed by atoms with Crippen LogP contribution in [0.1, 0.15) is 28.5 Å². The van der Waals surface area contributed by atoms with Crippen LogP contribution < -0.4 is 21.5 Å². The number of carbonyl (C=O) groups is 2. The standard InChI is InChI=1S/C26H20BrF4N5O5/c1-24(22(32)38)10-40-19-14(24)8-17(36-18(19)11-2-4-13(28)5-3-11)25(39,26(29,30)31)9-34-21(37)12-6-15(27)20-16(7-12)35-23(33)41-20/h2-8,39H,9-10H2,1H3,(H2,32,38)(H2,33,35)(H,34,37)/t24-,25-/m0/s1. The predicted octanol–water partition coefficient (Wildman–Crippen LogP) is 3.69. The smallest absolute Gasteiger partial charge is 0.424 e. The first-order valence-electron chi connectivity index (χ1n) is 11.8. The third kappa shape index (κ3) is 4.74. The van der Waals surface area contributed by atoms with Gasteiger partial charge >= 0.3 is 6.18 Å². The van der Waals surface area contributed by atoms with Gasteiger partial charge in [0.1, 0.15) is 34.8 Å². The minimum atomic E-state index is -5.37. The Labute approximate surface area is 236 Å². The van der Waals surface area contributed by atoms with E-state index in [0.29, 0.717) is 0 Å². The van der Waals surface area contributed by atoms with Crippen molar-refractivity contribution in [1.82, 2.24) is 15.3 Å². The number of amides is 2. The molecule has 0 radical (unpaired) electrons. The number of ether oxygens (including phenoxy) is 1. The number of aliphatic hydroxyl groups is 1. The number of nitrogens with zero attached hydrogens (tertiary/aromatic N) is 2. The largest absolute Gasteiger partial charge is 0.489 e. The molecule has 0 bridgehead atoms. The molecule has 4 aromatic rings. The van der Waals surface area contributed by atoms with Crippen molar-refractivity contribution in [2.24, 2.45) is 5.73 Å². The summed E-state index contributed by atoms with van der Waals surface area (Å²) >= 11 is 3.19. The van der Waals surface area contributed by atoms with E-state index in [1.54, 1.807) is 0 Å². The van der Waals surface area contributed by atoms with E-state index in [2.05, 4.69) is 31.2 Å². The molecule has 2 atom stereocenters. The molecule has 0 aliphatic carbocycles. The molecule has 41 heavy (non-hydrogen) atoms. The lowest BCUT2D eigenvalue weighted by Gasteiger charge is -2.31. The molecule has 6 N–H and O–H groups in total. The molecule has 0 saturated carbocycles. The summed E-state index contributed by atoms with van der Waals surface area (Å²) in [5.74, 6) is -2.53. The molecule has 3 heterocycles. The third-order valence-electron chi connectivity index (χ3n) is 6.86. The van der Waals surface area contributed by atoms with E-state index in [-0.39, 0.29) is 56.3 Å². The molecule has 214 valence electrons. The minimum absolute atomic E-state index is 0.0414. The zero-order valence-corrected chi connectivity index (χ0v) is 22.6. The normalized spacial score (nSPS) is 18.0. The number of hydrogen-bond acceptors (Lipinski definition) is 8. The number of rotatable bonds is 6. The molecule has 15 heteroatoms. The SMILES string of the molecule is C[C@]1(C(N)=O)COc2c1cc([C@@](O)(CNC(=O)c1cc(Br)c3oc(N)nc3c1)C(F)(F)F)nc2-c1ccc(F)cc1. The molecule has 0 unspecified atom stereocenters. The fourth-order valence-electron chi connectivity index (χ4n) is 4.39. The Morgan fingerprint density at radius 2 is 1.85 bits per heavy atom. The monoisotopic (exact) mass is 637 g/mol. The van der Waals surface area contributed by atoms with Crippen LogP contribution in [0.15, 0.2) is 51.4 Å². The molecule has 1 aliphatic rings. The van der Waals surface area contributed by atoms with Crippen molar-refractivity contribution in [3.8, 4) is 17.0 Å². The lowest BCUT2D eigenvalue weighted by atomic mass is 9.81. The van der Waals surface area contributed by atoms with E-state index in [4.69, 9.17) is 20.6 Å². The van der Waals surface area contributed by atoms with Crippen LogP contribution in [0.3, 0.4) is 0 Å². The highest BCUT2D eigenvalue weighted by molar-refractivity contribution is 9.10. The number of oxazole rings is 1. The van der Waals surface area contributed by atoms with Crippen molar-refractivity contribution in [2.45, 2.75) is 24.1 Å². The quantitative estimate of drug-likeness (QED) is 0.232. The highest BCUT2D eigenvalue weighted by Gasteiger charge is 2.57. The van der Waals surface area contributed by atoms with Gasteiger partial charge in [-0.1, -0.05) is 0 Å². The van der Waals surface area contributed by atoms with E-state index in [9.17, 15) is 32.3 Å². The molecule has 2 aromatic carbocycles. The molecule has 10 nitrogen and oxygen atoms in total.